The van der Waals surface area contributed by atoms with Crippen LogP contribution in [0, 0.1) is 12.7 Å². The topological polar surface area (TPSA) is 35.2 Å². The third-order valence-corrected chi connectivity index (χ3v) is 2.86. The molecule has 0 spiro atoms. The smallest absolute Gasteiger partial charge is 0.123 e. The number of benzene rings is 1. The molecule has 2 nitrogen and oxygen atoms in total. The zero-order chi connectivity index (χ0) is 12.7. The highest BCUT2D eigenvalue weighted by Crippen LogP contribution is 2.19. The summed E-state index contributed by atoms with van der Waals surface area (Å²) in [6.07, 6.45) is 2.94. The van der Waals surface area contributed by atoms with E-state index in [2.05, 4.69) is 6.92 Å². The molecule has 0 fully saturated rings. The summed E-state index contributed by atoms with van der Waals surface area (Å²) >= 11 is 0. The van der Waals surface area contributed by atoms with E-state index in [-0.39, 0.29) is 11.9 Å². The summed E-state index contributed by atoms with van der Waals surface area (Å²) in [6.45, 7) is 5.50. The summed E-state index contributed by atoms with van der Waals surface area (Å²) in [5, 5.41) is 0. The third-order valence-electron chi connectivity index (χ3n) is 2.86. The minimum absolute atomic E-state index is 0.146. The lowest BCUT2D eigenvalue weighted by Gasteiger charge is -2.15. The minimum atomic E-state index is -0.229. The largest absolute Gasteiger partial charge is 0.381 e. The second-order valence-electron chi connectivity index (χ2n) is 4.36. The van der Waals surface area contributed by atoms with Crippen LogP contribution in [0.4, 0.5) is 4.39 Å². The van der Waals surface area contributed by atoms with Crippen molar-refractivity contribution in [1.82, 2.24) is 0 Å². The number of ether oxygens (including phenoxy) is 1. The number of aryl methyl sites for hydroxylation is 1. The summed E-state index contributed by atoms with van der Waals surface area (Å²) in [6, 6.07) is 4.60. The molecule has 0 aliphatic heterocycles. The Labute approximate surface area is 103 Å². The summed E-state index contributed by atoms with van der Waals surface area (Å²) in [7, 11) is 0. The lowest BCUT2D eigenvalue weighted by molar-refractivity contribution is 0.124. The molecule has 2 N–H and O–H groups in total. The first-order valence-corrected chi connectivity index (χ1v) is 6.24. The molecule has 96 valence electrons. The average Bonchev–Trinajstić information content (AvgIpc) is 2.32. The van der Waals surface area contributed by atoms with Crippen molar-refractivity contribution in [3.63, 3.8) is 0 Å². The van der Waals surface area contributed by atoms with Crippen molar-refractivity contribution >= 4 is 0 Å². The Hall–Kier alpha value is -0.930. The predicted molar refractivity (Wildman–Crippen MR) is 68.4 cm³/mol. The van der Waals surface area contributed by atoms with Gasteiger partial charge in [-0.1, -0.05) is 19.4 Å². The van der Waals surface area contributed by atoms with Gasteiger partial charge in [0.2, 0.25) is 0 Å². The van der Waals surface area contributed by atoms with Crippen molar-refractivity contribution in [2.24, 2.45) is 5.73 Å². The lowest BCUT2D eigenvalue weighted by atomic mass is 10.00. The van der Waals surface area contributed by atoms with E-state index in [1.807, 2.05) is 6.92 Å². The van der Waals surface area contributed by atoms with E-state index in [1.165, 1.54) is 12.1 Å². The highest BCUT2D eigenvalue weighted by atomic mass is 19.1. The van der Waals surface area contributed by atoms with Gasteiger partial charge in [0.1, 0.15) is 5.82 Å². The Balaban J connectivity index is 2.41. The Morgan fingerprint density at radius 1 is 1.35 bits per heavy atom. The van der Waals surface area contributed by atoms with Gasteiger partial charge in [-0.25, -0.2) is 4.39 Å². The van der Waals surface area contributed by atoms with E-state index in [0.717, 1.165) is 37.0 Å². The number of halogens is 1. The normalized spacial score (nSPS) is 12.7. The Bertz CT molecular complexity index is 341. The van der Waals surface area contributed by atoms with E-state index >= 15 is 0 Å². The van der Waals surface area contributed by atoms with Crippen LogP contribution < -0.4 is 5.73 Å². The zero-order valence-electron chi connectivity index (χ0n) is 10.7. The molecular formula is C14H22FNO. The van der Waals surface area contributed by atoms with Gasteiger partial charge in [0, 0.05) is 19.3 Å². The maximum absolute atomic E-state index is 13.1. The first-order chi connectivity index (χ1) is 8.15. The van der Waals surface area contributed by atoms with Crippen LogP contribution in [-0.2, 0) is 4.74 Å². The number of rotatable bonds is 7. The number of unbranched alkanes of at least 4 members (excludes halogenated alkanes) is 1. The number of hydrogen-bond acceptors (Lipinski definition) is 2. The van der Waals surface area contributed by atoms with Gasteiger partial charge in [0.15, 0.2) is 0 Å². The molecule has 0 radical (unpaired) electrons. The highest BCUT2D eigenvalue weighted by Gasteiger charge is 2.09. The molecule has 0 heterocycles. The number of nitrogens with two attached hydrogens (primary N) is 1. The monoisotopic (exact) mass is 239 g/mol. The molecule has 0 saturated carbocycles. The maximum Gasteiger partial charge on any atom is 0.123 e. The molecule has 0 aromatic heterocycles. The van der Waals surface area contributed by atoms with E-state index in [0.29, 0.717) is 6.61 Å². The van der Waals surface area contributed by atoms with Crippen LogP contribution in [0.3, 0.4) is 0 Å². The van der Waals surface area contributed by atoms with Crippen LogP contribution in [0.1, 0.15) is 43.4 Å². The van der Waals surface area contributed by atoms with Gasteiger partial charge < -0.3 is 10.5 Å². The lowest BCUT2D eigenvalue weighted by Crippen LogP contribution is -2.15. The second-order valence-corrected chi connectivity index (χ2v) is 4.36. The first-order valence-electron chi connectivity index (χ1n) is 6.24. The molecule has 0 amide bonds. The zero-order valence-corrected chi connectivity index (χ0v) is 10.7. The van der Waals surface area contributed by atoms with E-state index < -0.39 is 0 Å². The van der Waals surface area contributed by atoms with Crippen molar-refractivity contribution in [3.05, 3.63) is 35.1 Å². The van der Waals surface area contributed by atoms with Crippen LogP contribution in [0.25, 0.3) is 0 Å². The molecule has 3 heteroatoms. The molecule has 1 atom stereocenters. The number of hydrogen-bond donors (Lipinski definition) is 1. The van der Waals surface area contributed by atoms with Crippen molar-refractivity contribution < 1.29 is 9.13 Å². The van der Waals surface area contributed by atoms with Crippen molar-refractivity contribution in [1.29, 1.82) is 0 Å². The van der Waals surface area contributed by atoms with Gasteiger partial charge in [-0.15, -0.1) is 0 Å². The maximum atomic E-state index is 13.1. The summed E-state index contributed by atoms with van der Waals surface area (Å²) in [4.78, 5) is 0. The summed E-state index contributed by atoms with van der Waals surface area (Å²) in [5.41, 5.74) is 7.95. The van der Waals surface area contributed by atoms with Crippen molar-refractivity contribution in [3.8, 4) is 0 Å². The molecule has 0 aliphatic carbocycles. The van der Waals surface area contributed by atoms with Gasteiger partial charge in [-0.3, -0.25) is 0 Å². The van der Waals surface area contributed by atoms with Crippen molar-refractivity contribution in [2.75, 3.05) is 13.2 Å². The standard InChI is InChI=1S/C14H22FNO/c1-3-4-8-17-9-7-14(16)13-10-12(15)6-5-11(13)2/h5-6,10,14H,3-4,7-9,16H2,1-2H3. The van der Waals surface area contributed by atoms with E-state index in [9.17, 15) is 4.39 Å². The molecule has 0 bridgehead atoms. The average molecular weight is 239 g/mol. The Kier molecular flexibility index (Phi) is 6.16. The fourth-order valence-corrected chi connectivity index (χ4v) is 1.73. The molecular weight excluding hydrogens is 217 g/mol. The Morgan fingerprint density at radius 3 is 2.82 bits per heavy atom. The first kappa shape index (κ1) is 14.1. The molecule has 17 heavy (non-hydrogen) atoms. The van der Waals surface area contributed by atoms with Crippen LogP contribution in [0.5, 0.6) is 0 Å². The molecule has 1 rings (SSSR count). The summed E-state index contributed by atoms with van der Waals surface area (Å²) < 4.78 is 18.6. The quantitative estimate of drug-likeness (QED) is 0.741. The third kappa shape index (κ3) is 4.84. The van der Waals surface area contributed by atoms with E-state index in [4.69, 9.17) is 10.5 Å². The summed E-state index contributed by atoms with van der Waals surface area (Å²) in [5.74, 6) is -0.229. The SMILES string of the molecule is CCCCOCCC(N)c1cc(F)ccc1C. The fourth-order valence-electron chi connectivity index (χ4n) is 1.73. The van der Waals surface area contributed by atoms with Crippen LogP contribution in [0.2, 0.25) is 0 Å². The molecule has 1 unspecified atom stereocenters. The van der Waals surface area contributed by atoms with Gasteiger partial charge in [-0.05, 0) is 43.0 Å². The molecule has 1 aromatic carbocycles. The van der Waals surface area contributed by atoms with Gasteiger partial charge in [0.25, 0.3) is 0 Å². The predicted octanol–water partition coefficient (Wildman–Crippen LogP) is 3.34. The molecule has 1 aromatic rings. The Morgan fingerprint density at radius 2 is 2.12 bits per heavy atom. The van der Waals surface area contributed by atoms with Gasteiger partial charge in [0.05, 0.1) is 0 Å². The minimum Gasteiger partial charge on any atom is -0.381 e. The van der Waals surface area contributed by atoms with Crippen LogP contribution >= 0.6 is 0 Å². The van der Waals surface area contributed by atoms with Crippen molar-refractivity contribution in [2.45, 2.75) is 39.2 Å². The van der Waals surface area contributed by atoms with E-state index in [1.54, 1.807) is 6.07 Å². The molecule has 0 saturated heterocycles. The van der Waals surface area contributed by atoms with Crippen LogP contribution in [0.15, 0.2) is 18.2 Å². The molecule has 0 aliphatic rings. The fraction of sp³-hybridized carbons (Fsp3) is 0.571. The van der Waals surface area contributed by atoms with Crippen LogP contribution in [-0.4, -0.2) is 13.2 Å². The highest BCUT2D eigenvalue weighted by molar-refractivity contribution is 5.29. The van der Waals surface area contributed by atoms with Gasteiger partial charge >= 0.3 is 0 Å². The second kappa shape index (κ2) is 7.41. The van der Waals surface area contributed by atoms with Gasteiger partial charge in [-0.2, -0.15) is 0 Å².